The van der Waals surface area contributed by atoms with Crippen molar-refractivity contribution in [3.05, 3.63) is 28.4 Å². The molecule has 5 nitrogen and oxygen atoms in total. The molecular formula is C13H13BrN4O. The molecule has 2 saturated heterocycles. The van der Waals surface area contributed by atoms with Gasteiger partial charge >= 0.3 is 0 Å². The van der Waals surface area contributed by atoms with Crippen molar-refractivity contribution >= 4 is 32.7 Å². The number of rotatable bonds is 1. The zero-order chi connectivity index (χ0) is 13.0. The molecule has 2 atom stereocenters. The summed E-state index contributed by atoms with van der Waals surface area (Å²) in [5, 5.41) is 11.4. The van der Waals surface area contributed by atoms with Crippen LogP contribution in [0.2, 0.25) is 0 Å². The Kier molecular flexibility index (Phi) is 2.43. The number of hydrogen-bond donors (Lipinski definition) is 2. The molecule has 0 radical (unpaired) electrons. The van der Waals surface area contributed by atoms with Crippen molar-refractivity contribution in [2.75, 3.05) is 13.1 Å². The lowest BCUT2D eigenvalue weighted by Gasteiger charge is -2.26. The van der Waals surface area contributed by atoms with Gasteiger partial charge in [0.15, 0.2) is 5.69 Å². The van der Waals surface area contributed by atoms with Gasteiger partial charge < -0.3 is 10.2 Å². The van der Waals surface area contributed by atoms with Crippen LogP contribution in [0.3, 0.4) is 0 Å². The van der Waals surface area contributed by atoms with E-state index in [1.165, 1.54) is 0 Å². The smallest absolute Gasteiger partial charge is 0.275 e. The van der Waals surface area contributed by atoms with E-state index >= 15 is 0 Å². The van der Waals surface area contributed by atoms with E-state index in [0.717, 1.165) is 34.9 Å². The maximum absolute atomic E-state index is 12.6. The second-order valence-electron chi connectivity index (χ2n) is 5.21. The zero-order valence-electron chi connectivity index (χ0n) is 10.2. The van der Waals surface area contributed by atoms with Crippen LogP contribution in [-0.2, 0) is 0 Å². The number of benzene rings is 1. The lowest BCUT2D eigenvalue weighted by atomic mass is 10.2. The Labute approximate surface area is 118 Å². The first-order valence-electron chi connectivity index (χ1n) is 6.40. The molecule has 2 aromatic rings. The maximum atomic E-state index is 12.6. The van der Waals surface area contributed by atoms with Gasteiger partial charge in [0.05, 0.1) is 5.52 Å². The fourth-order valence-corrected chi connectivity index (χ4v) is 3.46. The fourth-order valence-electron chi connectivity index (χ4n) is 3.10. The number of aromatic amines is 1. The summed E-state index contributed by atoms with van der Waals surface area (Å²) in [4.78, 5) is 14.6. The number of fused-ring (bicyclic) bond motifs is 3. The minimum absolute atomic E-state index is 0.0440. The van der Waals surface area contributed by atoms with E-state index in [0.29, 0.717) is 17.8 Å². The van der Waals surface area contributed by atoms with Crippen LogP contribution in [-0.4, -0.2) is 46.2 Å². The average Bonchev–Trinajstić information content (AvgIpc) is 3.11. The van der Waals surface area contributed by atoms with Gasteiger partial charge in [0.25, 0.3) is 5.91 Å². The molecule has 19 heavy (non-hydrogen) atoms. The van der Waals surface area contributed by atoms with Crippen molar-refractivity contribution in [2.45, 2.75) is 18.5 Å². The number of hydrogen-bond acceptors (Lipinski definition) is 3. The largest absolute Gasteiger partial charge is 0.331 e. The van der Waals surface area contributed by atoms with Gasteiger partial charge in [0.1, 0.15) is 0 Å². The number of halogens is 1. The summed E-state index contributed by atoms with van der Waals surface area (Å²) in [5.74, 6) is 0.0440. The van der Waals surface area contributed by atoms with Gasteiger partial charge in [-0.15, -0.1) is 0 Å². The van der Waals surface area contributed by atoms with E-state index in [1.807, 2.05) is 23.1 Å². The number of aromatic nitrogens is 2. The van der Waals surface area contributed by atoms with Crippen molar-refractivity contribution in [3.63, 3.8) is 0 Å². The van der Waals surface area contributed by atoms with Crippen molar-refractivity contribution in [1.29, 1.82) is 0 Å². The normalized spacial score (nSPS) is 25.4. The van der Waals surface area contributed by atoms with Crippen molar-refractivity contribution in [1.82, 2.24) is 20.4 Å². The molecule has 2 bridgehead atoms. The average molecular weight is 321 g/mol. The minimum Gasteiger partial charge on any atom is -0.331 e. The summed E-state index contributed by atoms with van der Waals surface area (Å²) in [7, 11) is 0. The van der Waals surface area contributed by atoms with Crippen molar-refractivity contribution in [2.24, 2.45) is 0 Å². The van der Waals surface area contributed by atoms with E-state index in [-0.39, 0.29) is 5.91 Å². The van der Waals surface area contributed by atoms with E-state index in [1.54, 1.807) is 0 Å². The van der Waals surface area contributed by atoms with E-state index < -0.39 is 0 Å². The molecule has 1 aromatic heterocycles. The number of carbonyl (C=O) groups excluding carboxylic acids is 1. The van der Waals surface area contributed by atoms with Crippen LogP contribution in [0, 0.1) is 0 Å². The molecule has 2 aliphatic rings. The third-order valence-corrected chi connectivity index (χ3v) is 4.54. The Morgan fingerprint density at radius 2 is 2.37 bits per heavy atom. The zero-order valence-corrected chi connectivity index (χ0v) is 11.8. The Bertz CT molecular complexity index is 668. The van der Waals surface area contributed by atoms with E-state index in [4.69, 9.17) is 0 Å². The number of nitrogens with zero attached hydrogens (tertiary/aromatic N) is 2. The maximum Gasteiger partial charge on any atom is 0.275 e. The Balaban J connectivity index is 1.72. The topological polar surface area (TPSA) is 61.0 Å². The van der Waals surface area contributed by atoms with Crippen LogP contribution in [0.4, 0.5) is 0 Å². The molecule has 0 aliphatic carbocycles. The number of likely N-dealkylation sites (tertiary alicyclic amines) is 1. The number of H-pyrrole nitrogens is 1. The molecule has 1 amide bonds. The third-order valence-electron chi connectivity index (χ3n) is 4.04. The summed E-state index contributed by atoms with van der Waals surface area (Å²) < 4.78 is 0.979. The van der Waals surface area contributed by atoms with Gasteiger partial charge in [-0.2, -0.15) is 5.10 Å². The standard InChI is InChI=1S/C13H13BrN4O/c14-7-1-2-10-11(3-7)16-17-12(10)13(19)18-6-8-4-9(18)5-15-8/h1-3,8-9,15H,4-6H2,(H,16,17). The Morgan fingerprint density at radius 1 is 1.47 bits per heavy atom. The lowest BCUT2D eigenvalue weighted by Crippen LogP contribution is -2.46. The molecule has 2 unspecified atom stereocenters. The molecule has 2 fully saturated rings. The van der Waals surface area contributed by atoms with Gasteiger partial charge in [0, 0.05) is 35.0 Å². The van der Waals surface area contributed by atoms with E-state index in [9.17, 15) is 4.79 Å². The first kappa shape index (κ1) is 11.4. The highest BCUT2D eigenvalue weighted by atomic mass is 79.9. The first-order chi connectivity index (χ1) is 9.22. The molecule has 98 valence electrons. The molecule has 4 rings (SSSR count). The van der Waals surface area contributed by atoms with Gasteiger partial charge in [-0.25, -0.2) is 0 Å². The van der Waals surface area contributed by atoms with Gasteiger partial charge in [0.2, 0.25) is 0 Å². The predicted octanol–water partition coefficient (Wildman–Crippen LogP) is 1.51. The predicted molar refractivity (Wildman–Crippen MR) is 75.0 cm³/mol. The summed E-state index contributed by atoms with van der Waals surface area (Å²) in [5.41, 5.74) is 1.43. The first-order valence-corrected chi connectivity index (χ1v) is 7.19. The number of piperazine rings is 1. The quantitative estimate of drug-likeness (QED) is 0.837. The Morgan fingerprint density at radius 3 is 3.11 bits per heavy atom. The molecule has 1 aromatic carbocycles. The number of amides is 1. The van der Waals surface area contributed by atoms with Crippen LogP contribution in [0.5, 0.6) is 0 Å². The molecule has 2 N–H and O–H groups in total. The SMILES string of the molecule is O=C(c1n[nH]c2cc(Br)ccc12)N1CC2CC1CN2. The summed E-state index contributed by atoms with van der Waals surface area (Å²) in [6.07, 6.45) is 1.07. The van der Waals surface area contributed by atoms with Crippen LogP contribution in [0.15, 0.2) is 22.7 Å². The van der Waals surface area contributed by atoms with Gasteiger partial charge in [-0.1, -0.05) is 15.9 Å². The summed E-state index contributed by atoms with van der Waals surface area (Å²) >= 11 is 3.42. The highest BCUT2D eigenvalue weighted by molar-refractivity contribution is 9.10. The monoisotopic (exact) mass is 320 g/mol. The van der Waals surface area contributed by atoms with Crippen molar-refractivity contribution < 1.29 is 4.79 Å². The lowest BCUT2D eigenvalue weighted by molar-refractivity contribution is 0.0712. The fraction of sp³-hybridized carbons (Fsp3) is 0.385. The summed E-state index contributed by atoms with van der Waals surface area (Å²) in [6.45, 7) is 1.71. The molecule has 2 aliphatic heterocycles. The Hall–Kier alpha value is -1.40. The molecule has 0 spiro atoms. The highest BCUT2D eigenvalue weighted by Crippen LogP contribution is 2.27. The van der Waals surface area contributed by atoms with Crippen LogP contribution in [0.25, 0.3) is 10.9 Å². The second-order valence-corrected chi connectivity index (χ2v) is 6.13. The van der Waals surface area contributed by atoms with Gasteiger partial charge in [-0.05, 0) is 24.6 Å². The second kappa shape index (κ2) is 4.05. The summed E-state index contributed by atoms with van der Waals surface area (Å²) in [6, 6.07) is 6.61. The molecule has 6 heteroatoms. The van der Waals surface area contributed by atoms with Gasteiger partial charge in [-0.3, -0.25) is 9.89 Å². The van der Waals surface area contributed by atoms with Crippen LogP contribution < -0.4 is 5.32 Å². The number of nitrogens with one attached hydrogen (secondary N) is 2. The molecule has 0 saturated carbocycles. The van der Waals surface area contributed by atoms with Crippen LogP contribution >= 0.6 is 15.9 Å². The molecular weight excluding hydrogens is 308 g/mol. The van der Waals surface area contributed by atoms with Crippen LogP contribution in [0.1, 0.15) is 16.9 Å². The number of carbonyl (C=O) groups is 1. The molecule has 3 heterocycles. The van der Waals surface area contributed by atoms with Crippen molar-refractivity contribution in [3.8, 4) is 0 Å². The highest BCUT2D eigenvalue weighted by Gasteiger charge is 2.41. The van der Waals surface area contributed by atoms with E-state index in [2.05, 4.69) is 31.4 Å². The third kappa shape index (κ3) is 1.70. The minimum atomic E-state index is 0.0440.